The van der Waals surface area contributed by atoms with Crippen LogP contribution in [0.15, 0.2) is 41.8 Å². The molecule has 0 bridgehead atoms. The van der Waals surface area contributed by atoms with Gasteiger partial charge in [-0.3, -0.25) is 4.79 Å². The molecule has 1 heterocycles. The Bertz CT molecular complexity index is 536. The largest absolute Gasteiger partial charge is 0.350 e. The van der Waals surface area contributed by atoms with Crippen LogP contribution >= 0.6 is 11.3 Å². The van der Waals surface area contributed by atoms with E-state index in [0.29, 0.717) is 6.54 Å². The number of rotatable bonds is 5. The van der Waals surface area contributed by atoms with Gasteiger partial charge in [0.15, 0.2) is 0 Å². The third kappa shape index (κ3) is 3.43. The van der Waals surface area contributed by atoms with E-state index in [1.165, 1.54) is 11.3 Å². The minimum atomic E-state index is -0.00375. The smallest absolute Gasteiger partial charge is 0.262 e. The molecule has 0 aliphatic rings. The van der Waals surface area contributed by atoms with Crippen molar-refractivity contribution in [2.45, 2.75) is 13.0 Å². The van der Waals surface area contributed by atoms with Crippen LogP contribution in [0.4, 0.5) is 0 Å². The monoisotopic (exact) mass is 274 g/mol. The Morgan fingerprint density at radius 1 is 1.26 bits per heavy atom. The van der Waals surface area contributed by atoms with Gasteiger partial charge < -0.3 is 10.6 Å². The highest BCUT2D eigenvalue weighted by molar-refractivity contribution is 7.12. The van der Waals surface area contributed by atoms with Gasteiger partial charge >= 0.3 is 0 Å². The van der Waals surface area contributed by atoms with E-state index in [1.54, 1.807) is 0 Å². The first kappa shape index (κ1) is 13.8. The Balaban J connectivity index is 2.14. The van der Waals surface area contributed by atoms with Crippen LogP contribution in [0.2, 0.25) is 0 Å². The number of carbonyl (C=O) groups excluding carboxylic acids is 1. The average molecular weight is 274 g/mol. The number of benzene rings is 1. The van der Waals surface area contributed by atoms with Crippen LogP contribution in [0, 0.1) is 0 Å². The lowest BCUT2D eigenvalue weighted by molar-refractivity contribution is 0.0955. The van der Waals surface area contributed by atoms with Crippen molar-refractivity contribution in [1.29, 1.82) is 0 Å². The summed E-state index contributed by atoms with van der Waals surface area (Å²) < 4.78 is 0. The fourth-order valence-corrected chi connectivity index (χ4v) is 2.59. The van der Waals surface area contributed by atoms with E-state index in [4.69, 9.17) is 0 Å². The zero-order valence-corrected chi connectivity index (χ0v) is 12.0. The quantitative estimate of drug-likeness (QED) is 0.880. The van der Waals surface area contributed by atoms with E-state index in [2.05, 4.69) is 10.6 Å². The second-order valence-electron chi connectivity index (χ2n) is 4.43. The number of hydrogen-bond donors (Lipinski definition) is 2. The molecule has 2 rings (SSSR count). The summed E-state index contributed by atoms with van der Waals surface area (Å²) >= 11 is 1.48. The average Bonchev–Trinajstić information content (AvgIpc) is 2.94. The SMILES string of the molecule is CNC(C)CNC(=O)c1sccc1-c1ccccc1. The van der Waals surface area contributed by atoms with Gasteiger partial charge in [-0.2, -0.15) is 0 Å². The predicted octanol–water partition coefficient (Wildman–Crippen LogP) is 2.75. The number of carbonyl (C=O) groups is 1. The van der Waals surface area contributed by atoms with Gasteiger partial charge in [-0.05, 0) is 31.0 Å². The lowest BCUT2D eigenvalue weighted by atomic mass is 10.1. The molecule has 1 aromatic heterocycles. The van der Waals surface area contributed by atoms with E-state index in [0.717, 1.165) is 16.0 Å². The topological polar surface area (TPSA) is 41.1 Å². The zero-order valence-electron chi connectivity index (χ0n) is 11.1. The molecule has 2 aromatic rings. The zero-order chi connectivity index (χ0) is 13.7. The van der Waals surface area contributed by atoms with E-state index in [-0.39, 0.29) is 11.9 Å². The van der Waals surface area contributed by atoms with Crippen LogP contribution in [-0.2, 0) is 0 Å². The molecule has 0 aliphatic carbocycles. The Hall–Kier alpha value is -1.65. The van der Waals surface area contributed by atoms with Crippen LogP contribution in [0.25, 0.3) is 11.1 Å². The molecular weight excluding hydrogens is 256 g/mol. The lowest BCUT2D eigenvalue weighted by Crippen LogP contribution is -2.37. The van der Waals surface area contributed by atoms with Crippen LogP contribution in [0.5, 0.6) is 0 Å². The Kier molecular flexibility index (Phi) is 4.71. The summed E-state index contributed by atoms with van der Waals surface area (Å²) in [7, 11) is 1.89. The van der Waals surface area contributed by atoms with E-state index >= 15 is 0 Å². The molecule has 19 heavy (non-hydrogen) atoms. The second-order valence-corrected chi connectivity index (χ2v) is 5.35. The van der Waals surface area contributed by atoms with Gasteiger partial charge in [0.1, 0.15) is 0 Å². The van der Waals surface area contributed by atoms with Crippen LogP contribution in [-0.4, -0.2) is 25.5 Å². The first-order valence-electron chi connectivity index (χ1n) is 6.30. The van der Waals surface area contributed by atoms with E-state index in [1.807, 2.05) is 55.7 Å². The van der Waals surface area contributed by atoms with Crippen molar-refractivity contribution < 1.29 is 4.79 Å². The van der Waals surface area contributed by atoms with Gasteiger partial charge in [-0.15, -0.1) is 11.3 Å². The van der Waals surface area contributed by atoms with Crippen molar-refractivity contribution in [3.8, 4) is 11.1 Å². The molecule has 0 aliphatic heterocycles. The van der Waals surface area contributed by atoms with Crippen molar-refractivity contribution in [3.63, 3.8) is 0 Å². The second kappa shape index (κ2) is 6.50. The first-order chi connectivity index (χ1) is 9.22. The number of hydrogen-bond acceptors (Lipinski definition) is 3. The standard InChI is InChI=1S/C15H18N2OS/c1-11(16-2)10-17-15(18)14-13(8-9-19-14)12-6-4-3-5-7-12/h3-9,11,16H,10H2,1-2H3,(H,17,18). The number of nitrogens with one attached hydrogen (secondary N) is 2. The molecule has 0 saturated carbocycles. The highest BCUT2D eigenvalue weighted by Crippen LogP contribution is 2.27. The highest BCUT2D eigenvalue weighted by Gasteiger charge is 2.14. The predicted molar refractivity (Wildman–Crippen MR) is 80.6 cm³/mol. The third-order valence-corrected chi connectivity index (χ3v) is 3.93. The summed E-state index contributed by atoms with van der Waals surface area (Å²) in [6.45, 7) is 2.66. The molecule has 1 unspecified atom stereocenters. The molecule has 2 N–H and O–H groups in total. The van der Waals surface area contributed by atoms with E-state index < -0.39 is 0 Å². The molecule has 3 nitrogen and oxygen atoms in total. The molecule has 0 spiro atoms. The number of likely N-dealkylation sites (N-methyl/N-ethyl adjacent to an activating group) is 1. The number of thiophene rings is 1. The van der Waals surface area contributed by atoms with Gasteiger partial charge in [-0.1, -0.05) is 30.3 Å². The summed E-state index contributed by atoms with van der Waals surface area (Å²) in [5.74, 6) is -0.00375. The minimum absolute atomic E-state index is 0.00375. The van der Waals surface area contributed by atoms with Gasteiger partial charge in [-0.25, -0.2) is 0 Å². The van der Waals surface area contributed by atoms with Gasteiger partial charge in [0.05, 0.1) is 4.88 Å². The maximum Gasteiger partial charge on any atom is 0.262 e. The maximum atomic E-state index is 12.2. The molecule has 0 radical (unpaired) electrons. The first-order valence-corrected chi connectivity index (χ1v) is 7.18. The van der Waals surface area contributed by atoms with Crippen molar-refractivity contribution in [3.05, 3.63) is 46.7 Å². The molecule has 0 saturated heterocycles. The normalized spacial score (nSPS) is 12.1. The fraction of sp³-hybridized carbons (Fsp3) is 0.267. The molecule has 1 atom stereocenters. The Labute approximate surface area is 117 Å². The van der Waals surface area contributed by atoms with Crippen LogP contribution in [0.3, 0.4) is 0 Å². The van der Waals surface area contributed by atoms with Crippen molar-refractivity contribution in [1.82, 2.24) is 10.6 Å². The lowest BCUT2D eigenvalue weighted by Gasteiger charge is -2.11. The molecule has 1 aromatic carbocycles. The van der Waals surface area contributed by atoms with Gasteiger partial charge in [0.25, 0.3) is 5.91 Å². The highest BCUT2D eigenvalue weighted by atomic mass is 32.1. The van der Waals surface area contributed by atoms with Gasteiger partial charge in [0, 0.05) is 18.2 Å². The van der Waals surface area contributed by atoms with Crippen LogP contribution in [0.1, 0.15) is 16.6 Å². The summed E-state index contributed by atoms with van der Waals surface area (Å²) in [5, 5.41) is 8.01. The molecular formula is C15H18N2OS. The van der Waals surface area contributed by atoms with Crippen LogP contribution < -0.4 is 10.6 Å². The summed E-state index contributed by atoms with van der Waals surface area (Å²) in [5.41, 5.74) is 2.08. The van der Waals surface area contributed by atoms with Gasteiger partial charge in [0.2, 0.25) is 0 Å². The summed E-state index contributed by atoms with van der Waals surface area (Å²) in [6, 6.07) is 12.3. The third-order valence-electron chi connectivity index (χ3n) is 3.02. The fourth-order valence-electron chi connectivity index (χ4n) is 1.76. The minimum Gasteiger partial charge on any atom is -0.350 e. The summed E-state index contributed by atoms with van der Waals surface area (Å²) in [6.07, 6.45) is 0. The Morgan fingerprint density at radius 2 is 2.00 bits per heavy atom. The molecule has 0 fully saturated rings. The maximum absolute atomic E-state index is 12.2. The molecule has 4 heteroatoms. The summed E-state index contributed by atoms with van der Waals surface area (Å²) in [4.78, 5) is 13.0. The molecule has 1 amide bonds. The molecule has 100 valence electrons. The van der Waals surface area contributed by atoms with Crippen molar-refractivity contribution in [2.24, 2.45) is 0 Å². The van der Waals surface area contributed by atoms with Crippen molar-refractivity contribution >= 4 is 17.2 Å². The van der Waals surface area contributed by atoms with Crippen molar-refractivity contribution in [2.75, 3.05) is 13.6 Å². The Morgan fingerprint density at radius 3 is 2.68 bits per heavy atom. The van der Waals surface area contributed by atoms with E-state index in [9.17, 15) is 4.79 Å². The number of amides is 1.